The van der Waals surface area contributed by atoms with Crippen molar-refractivity contribution in [3.05, 3.63) is 5.56 Å². The Kier molecular flexibility index (Phi) is 3.82. The van der Waals surface area contributed by atoms with Crippen LogP contribution < -0.4 is 10.6 Å². The van der Waals surface area contributed by atoms with Crippen molar-refractivity contribution in [3.63, 3.8) is 0 Å². The Balaban J connectivity index is 2.14. The minimum atomic E-state index is 0.253. The number of hydrogen-bond donors (Lipinski definition) is 1. The first kappa shape index (κ1) is 12.1. The molecule has 1 aliphatic rings. The summed E-state index contributed by atoms with van der Waals surface area (Å²) in [6.07, 6.45) is 2.41. The van der Waals surface area contributed by atoms with Gasteiger partial charge in [0.1, 0.15) is 16.6 Å². The van der Waals surface area contributed by atoms with E-state index in [9.17, 15) is 0 Å². The lowest BCUT2D eigenvalue weighted by Gasteiger charge is -2.32. The van der Waals surface area contributed by atoms with E-state index in [0.717, 1.165) is 37.5 Å². The van der Waals surface area contributed by atoms with Crippen LogP contribution in [0.1, 0.15) is 25.3 Å². The average Bonchev–Trinajstić information content (AvgIpc) is 2.71. The molecule has 17 heavy (non-hydrogen) atoms. The standard InChI is InChI=1S/C11H16N4OS/c1-2-16-8-4-3-5-15(7-8)11-9(6-12)10(13)14-17-11/h8H,2-5,7H2,1H3,(H2,13,14). The normalized spacial score (nSPS) is 20.2. The molecule has 2 N–H and O–H groups in total. The average molecular weight is 252 g/mol. The first-order valence-electron chi connectivity index (χ1n) is 5.78. The largest absolute Gasteiger partial charge is 0.382 e. The number of aromatic nitrogens is 1. The fraction of sp³-hybridized carbons (Fsp3) is 0.636. The molecule has 1 saturated heterocycles. The number of nitrogens with zero attached hydrogens (tertiary/aromatic N) is 3. The van der Waals surface area contributed by atoms with Crippen LogP contribution in [-0.4, -0.2) is 30.2 Å². The monoisotopic (exact) mass is 252 g/mol. The van der Waals surface area contributed by atoms with Crippen molar-refractivity contribution in [1.29, 1.82) is 5.26 Å². The highest BCUT2D eigenvalue weighted by molar-refractivity contribution is 7.10. The fourth-order valence-electron chi connectivity index (χ4n) is 2.11. The van der Waals surface area contributed by atoms with E-state index in [0.29, 0.717) is 11.4 Å². The maximum Gasteiger partial charge on any atom is 0.157 e. The molecule has 92 valence electrons. The van der Waals surface area contributed by atoms with Gasteiger partial charge in [-0.25, -0.2) is 0 Å². The minimum absolute atomic E-state index is 0.253. The van der Waals surface area contributed by atoms with E-state index in [1.165, 1.54) is 11.5 Å². The Labute approximate surface area is 105 Å². The van der Waals surface area contributed by atoms with Gasteiger partial charge in [-0.1, -0.05) is 0 Å². The quantitative estimate of drug-likeness (QED) is 0.884. The molecule has 0 saturated carbocycles. The minimum Gasteiger partial charge on any atom is -0.382 e. The summed E-state index contributed by atoms with van der Waals surface area (Å²) < 4.78 is 9.69. The van der Waals surface area contributed by atoms with Gasteiger partial charge in [0.25, 0.3) is 0 Å². The zero-order valence-corrected chi connectivity index (χ0v) is 10.7. The number of piperidine rings is 1. The van der Waals surface area contributed by atoms with Crippen LogP contribution in [0, 0.1) is 11.3 Å². The number of ether oxygens (including phenoxy) is 1. The van der Waals surface area contributed by atoms with Crippen molar-refractivity contribution >= 4 is 22.4 Å². The van der Waals surface area contributed by atoms with Crippen molar-refractivity contribution in [2.24, 2.45) is 0 Å². The predicted molar refractivity (Wildman–Crippen MR) is 68.1 cm³/mol. The van der Waals surface area contributed by atoms with Crippen molar-refractivity contribution in [2.45, 2.75) is 25.9 Å². The number of hydrogen-bond acceptors (Lipinski definition) is 6. The van der Waals surface area contributed by atoms with Gasteiger partial charge in [-0.15, -0.1) is 0 Å². The summed E-state index contributed by atoms with van der Waals surface area (Å²) in [4.78, 5) is 2.16. The Morgan fingerprint density at radius 3 is 3.24 bits per heavy atom. The number of nitrogens with two attached hydrogens (primary N) is 1. The van der Waals surface area contributed by atoms with E-state index in [4.69, 9.17) is 15.7 Å². The van der Waals surface area contributed by atoms with Crippen LogP contribution in [0.15, 0.2) is 0 Å². The molecule has 0 bridgehead atoms. The molecule has 1 atom stereocenters. The molecule has 1 aliphatic heterocycles. The lowest BCUT2D eigenvalue weighted by atomic mass is 10.1. The van der Waals surface area contributed by atoms with E-state index in [-0.39, 0.29) is 6.10 Å². The Morgan fingerprint density at radius 2 is 2.53 bits per heavy atom. The lowest BCUT2D eigenvalue weighted by Crippen LogP contribution is -2.39. The van der Waals surface area contributed by atoms with Gasteiger partial charge in [0.05, 0.1) is 6.10 Å². The molecule has 0 amide bonds. The van der Waals surface area contributed by atoms with Crippen molar-refractivity contribution < 1.29 is 4.74 Å². The topological polar surface area (TPSA) is 75.2 Å². The molecule has 0 spiro atoms. The van der Waals surface area contributed by atoms with E-state index >= 15 is 0 Å². The zero-order chi connectivity index (χ0) is 12.3. The fourth-order valence-corrected chi connectivity index (χ4v) is 2.91. The summed E-state index contributed by atoms with van der Waals surface area (Å²) in [7, 11) is 0. The molecule has 2 heterocycles. The smallest absolute Gasteiger partial charge is 0.157 e. The van der Waals surface area contributed by atoms with Crippen molar-refractivity contribution in [2.75, 3.05) is 30.3 Å². The SMILES string of the molecule is CCOC1CCCN(c2snc(N)c2C#N)C1. The summed E-state index contributed by atoms with van der Waals surface area (Å²) in [6.45, 7) is 4.50. The van der Waals surface area contributed by atoms with Crippen LogP contribution >= 0.6 is 11.5 Å². The Bertz CT molecular complexity index is 424. The first-order chi connectivity index (χ1) is 8.26. The second-order valence-electron chi connectivity index (χ2n) is 4.03. The summed E-state index contributed by atoms with van der Waals surface area (Å²) >= 11 is 1.30. The highest BCUT2D eigenvalue weighted by Gasteiger charge is 2.24. The number of anilines is 2. The van der Waals surface area contributed by atoms with Crippen LogP contribution in [-0.2, 0) is 4.74 Å². The second kappa shape index (κ2) is 5.34. The van der Waals surface area contributed by atoms with Gasteiger partial charge in [-0.2, -0.15) is 9.64 Å². The van der Waals surface area contributed by atoms with Gasteiger partial charge in [-0.3, -0.25) is 0 Å². The molecule has 2 rings (SSSR count). The van der Waals surface area contributed by atoms with Crippen molar-refractivity contribution in [1.82, 2.24) is 4.37 Å². The van der Waals surface area contributed by atoms with E-state index < -0.39 is 0 Å². The van der Waals surface area contributed by atoms with Gasteiger partial charge in [0.2, 0.25) is 0 Å². The highest BCUT2D eigenvalue weighted by atomic mass is 32.1. The summed E-state index contributed by atoms with van der Waals surface area (Å²) in [6, 6.07) is 2.13. The van der Waals surface area contributed by atoms with Gasteiger partial charge < -0.3 is 15.4 Å². The molecule has 0 aliphatic carbocycles. The highest BCUT2D eigenvalue weighted by Crippen LogP contribution is 2.32. The third-order valence-electron chi connectivity index (χ3n) is 2.88. The molecule has 6 heteroatoms. The van der Waals surface area contributed by atoms with Crippen LogP contribution in [0.2, 0.25) is 0 Å². The van der Waals surface area contributed by atoms with Crippen molar-refractivity contribution in [3.8, 4) is 6.07 Å². The van der Waals surface area contributed by atoms with Gasteiger partial charge in [0, 0.05) is 19.7 Å². The predicted octanol–water partition coefficient (Wildman–Crippen LogP) is 1.60. The third-order valence-corrected chi connectivity index (χ3v) is 3.80. The molecule has 1 unspecified atom stereocenters. The van der Waals surface area contributed by atoms with Gasteiger partial charge >= 0.3 is 0 Å². The Morgan fingerprint density at radius 1 is 1.71 bits per heavy atom. The molecule has 0 aromatic carbocycles. The molecule has 1 aromatic heterocycles. The zero-order valence-electron chi connectivity index (χ0n) is 9.85. The first-order valence-corrected chi connectivity index (χ1v) is 6.55. The Hall–Kier alpha value is -1.32. The van der Waals surface area contributed by atoms with E-state index in [1.54, 1.807) is 0 Å². The van der Waals surface area contributed by atoms with Gasteiger partial charge in [-0.05, 0) is 31.3 Å². The third kappa shape index (κ3) is 2.51. The van der Waals surface area contributed by atoms with Gasteiger partial charge in [0.15, 0.2) is 5.82 Å². The number of nitrogen functional groups attached to an aromatic ring is 1. The van der Waals surface area contributed by atoms with Crippen LogP contribution in [0.5, 0.6) is 0 Å². The summed E-state index contributed by atoms with van der Waals surface area (Å²) in [5.74, 6) is 0.339. The van der Waals surface area contributed by atoms with Crippen LogP contribution in [0.25, 0.3) is 0 Å². The van der Waals surface area contributed by atoms with Crippen LogP contribution in [0.4, 0.5) is 10.8 Å². The second-order valence-corrected chi connectivity index (χ2v) is 4.78. The van der Waals surface area contributed by atoms with E-state index in [1.807, 2.05) is 6.92 Å². The molecule has 1 fully saturated rings. The number of rotatable bonds is 3. The van der Waals surface area contributed by atoms with E-state index in [2.05, 4.69) is 15.3 Å². The molecular formula is C11H16N4OS. The maximum absolute atomic E-state index is 9.07. The lowest BCUT2D eigenvalue weighted by molar-refractivity contribution is 0.0528. The molecule has 5 nitrogen and oxygen atoms in total. The molecular weight excluding hydrogens is 236 g/mol. The van der Waals surface area contributed by atoms with Crippen LogP contribution in [0.3, 0.4) is 0 Å². The molecule has 0 radical (unpaired) electrons. The molecule has 1 aromatic rings. The summed E-state index contributed by atoms with van der Waals surface area (Å²) in [5, 5.41) is 9.95. The summed E-state index contributed by atoms with van der Waals surface area (Å²) in [5.41, 5.74) is 6.18. The number of nitriles is 1. The maximum atomic E-state index is 9.07.